The molecule has 0 saturated heterocycles. The summed E-state index contributed by atoms with van der Waals surface area (Å²) in [5.41, 5.74) is 5.16. The number of amides is 1. The highest BCUT2D eigenvalue weighted by Gasteiger charge is 2.16. The van der Waals surface area contributed by atoms with Crippen molar-refractivity contribution in [2.75, 3.05) is 5.32 Å². The summed E-state index contributed by atoms with van der Waals surface area (Å²) >= 11 is 1.58. The predicted octanol–water partition coefficient (Wildman–Crippen LogP) is 5.74. The molecule has 5 rings (SSSR count). The summed E-state index contributed by atoms with van der Waals surface area (Å²) in [7, 11) is 0. The van der Waals surface area contributed by atoms with Crippen molar-refractivity contribution >= 4 is 44.1 Å². The average molecular weight is 427 g/mol. The van der Waals surface area contributed by atoms with Crippen molar-refractivity contribution in [2.45, 2.75) is 27.2 Å². The van der Waals surface area contributed by atoms with Crippen molar-refractivity contribution in [1.82, 2.24) is 14.8 Å². The second-order valence-corrected chi connectivity index (χ2v) is 8.88. The zero-order chi connectivity index (χ0) is 21.5. The van der Waals surface area contributed by atoms with Gasteiger partial charge in [-0.2, -0.15) is 9.78 Å². The summed E-state index contributed by atoms with van der Waals surface area (Å²) in [6, 6.07) is 20.3. The van der Waals surface area contributed by atoms with Gasteiger partial charge < -0.3 is 5.32 Å². The SMILES string of the molecule is Cc1cc(C)c2nc(-n3nc(C)cc3NC(=O)Cc3cccc4ccccc34)sc2c1. The number of nitrogens with zero attached hydrogens (tertiary/aromatic N) is 3. The molecule has 0 saturated carbocycles. The van der Waals surface area contributed by atoms with Crippen molar-refractivity contribution in [3.8, 4) is 5.13 Å². The number of carbonyl (C=O) groups excluding carboxylic acids is 1. The molecule has 0 bridgehead atoms. The molecule has 0 aliphatic carbocycles. The van der Waals surface area contributed by atoms with Gasteiger partial charge in [0.25, 0.3) is 0 Å². The molecule has 0 aliphatic rings. The summed E-state index contributed by atoms with van der Waals surface area (Å²) in [5.74, 6) is 0.557. The molecule has 6 heteroatoms. The number of aryl methyl sites for hydroxylation is 3. The van der Waals surface area contributed by atoms with Gasteiger partial charge in [-0.05, 0) is 54.3 Å². The van der Waals surface area contributed by atoms with Crippen molar-refractivity contribution in [3.05, 3.63) is 83.0 Å². The lowest BCUT2D eigenvalue weighted by Crippen LogP contribution is -2.17. The molecule has 154 valence electrons. The number of aromatic nitrogens is 3. The van der Waals surface area contributed by atoms with Gasteiger partial charge in [0.1, 0.15) is 5.82 Å². The van der Waals surface area contributed by atoms with Crippen LogP contribution in [-0.2, 0) is 11.2 Å². The van der Waals surface area contributed by atoms with E-state index in [1.807, 2.05) is 37.3 Å². The first-order valence-corrected chi connectivity index (χ1v) is 11.0. The fourth-order valence-corrected chi connectivity index (χ4v) is 5.10. The summed E-state index contributed by atoms with van der Waals surface area (Å²) in [5, 5.41) is 10.6. The lowest BCUT2D eigenvalue weighted by molar-refractivity contribution is -0.115. The van der Waals surface area contributed by atoms with Crippen LogP contribution in [0.1, 0.15) is 22.4 Å². The fourth-order valence-electron chi connectivity index (χ4n) is 3.99. The van der Waals surface area contributed by atoms with Gasteiger partial charge in [0.2, 0.25) is 11.0 Å². The van der Waals surface area contributed by atoms with E-state index in [9.17, 15) is 4.79 Å². The molecule has 2 aromatic heterocycles. The second kappa shape index (κ2) is 7.63. The molecule has 5 aromatic rings. The highest BCUT2D eigenvalue weighted by molar-refractivity contribution is 7.20. The van der Waals surface area contributed by atoms with Crippen LogP contribution < -0.4 is 5.32 Å². The highest BCUT2D eigenvalue weighted by Crippen LogP contribution is 2.30. The Labute approximate surface area is 184 Å². The van der Waals surface area contributed by atoms with Crippen molar-refractivity contribution in [1.29, 1.82) is 0 Å². The Bertz CT molecular complexity index is 1440. The van der Waals surface area contributed by atoms with Crippen LogP contribution in [0.2, 0.25) is 0 Å². The third-order valence-electron chi connectivity index (χ3n) is 5.33. The van der Waals surface area contributed by atoms with Crippen molar-refractivity contribution in [3.63, 3.8) is 0 Å². The van der Waals surface area contributed by atoms with Gasteiger partial charge in [-0.3, -0.25) is 4.79 Å². The topological polar surface area (TPSA) is 59.8 Å². The van der Waals surface area contributed by atoms with Crippen molar-refractivity contribution < 1.29 is 4.79 Å². The molecule has 3 aromatic carbocycles. The van der Waals surface area contributed by atoms with Crippen LogP contribution in [0.4, 0.5) is 5.82 Å². The Morgan fingerprint density at radius 2 is 1.84 bits per heavy atom. The molecule has 1 amide bonds. The largest absolute Gasteiger partial charge is 0.310 e. The minimum atomic E-state index is -0.0781. The van der Waals surface area contributed by atoms with Crippen LogP contribution in [0, 0.1) is 20.8 Å². The van der Waals surface area contributed by atoms with Gasteiger partial charge >= 0.3 is 0 Å². The molecule has 0 atom stereocenters. The van der Waals surface area contributed by atoms with Crippen LogP contribution in [-0.4, -0.2) is 20.7 Å². The molecule has 31 heavy (non-hydrogen) atoms. The maximum atomic E-state index is 12.9. The van der Waals surface area contributed by atoms with Gasteiger partial charge in [0, 0.05) is 6.07 Å². The number of anilines is 1. The normalized spacial score (nSPS) is 11.3. The molecule has 0 spiro atoms. The Morgan fingerprint density at radius 3 is 2.71 bits per heavy atom. The Hall–Kier alpha value is -3.51. The minimum Gasteiger partial charge on any atom is -0.310 e. The fraction of sp³-hybridized carbons (Fsp3) is 0.160. The van der Waals surface area contributed by atoms with E-state index < -0.39 is 0 Å². The third-order valence-corrected chi connectivity index (χ3v) is 6.31. The number of fused-ring (bicyclic) bond motifs is 2. The Kier molecular flexibility index (Phi) is 4.79. The van der Waals surface area contributed by atoms with Gasteiger partial charge in [0.05, 0.1) is 22.3 Å². The van der Waals surface area contributed by atoms with E-state index in [2.05, 4.69) is 54.6 Å². The number of rotatable bonds is 4. The lowest BCUT2D eigenvalue weighted by atomic mass is 10.0. The van der Waals surface area contributed by atoms with E-state index in [0.29, 0.717) is 12.2 Å². The maximum Gasteiger partial charge on any atom is 0.229 e. The van der Waals surface area contributed by atoms with E-state index >= 15 is 0 Å². The Morgan fingerprint density at radius 1 is 1.03 bits per heavy atom. The molecular weight excluding hydrogens is 404 g/mol. The summed E-state index contributed by atoms with van der Waals surface area (Å²) in [4.78, 5) is 17.7. The van der Waals surface area contributed by atoms with E-state index in [0.717, 1.165) is 42.9 Å². The second-order valence-electron chi connectivity index (χ2n) is 7.87. The van der Waals surface area contributed by atoms with Gasteiger partial charge in [-0.15, -0.1) is 0 Å². The predicted molar refractivity (Wildman–Crippen MR) is 127 cm³/mol. The molecule has 1 N–H and O–H groups in total. The number of carbonyl (C=O) groups is 1. The van der Waals surface area contributed by atoms with E-state index in [4.69, 9.17) is 4.98 Å². The van der Waals surface area contributed by atoms with Crippen LogP contribution in [0.25, 0.3) is 26.1 Å². The Balaban J connectivity index is 1.46. The number of hydrogen-bond acceptors (Lipinski definition) is 4. The van der Waals surface area contributed by atoms with E-state index in [-0.39, 0.29) is 5.91 Å². The first-order chi connectivity index (χ1) is 15.0. The number of nitrogens with one attached hydrogen (secondary N) is 1. The molecule has 0 unspecified atom stereocenters. The lowest BCUT2D eigenvalue weighted by Gasteiger charge is -2.08. The van der Waals surface area contributed by atoms with Crippen LogP contribution in [0.5, 0.6) is 0 Å². The molecule has 0 fully saturated rings. The highest BCUT2D eigenvalue weighted by atomic mass is 32.1. The molecular formula is C25H22N4OS. The maximum absolute atomic E-state index is 12.9. The van der Waals surface area contributed by atoms with Gasteiger partial charge in [0.15, 0.2) is 0 Å². The zero-order valence-electron chi connectivity index (χ0n) is 17.6. The summed E-state index contributed by atoms with van der Waals surface area (Å²) < 4.78 is 2.85. The smallest absolute Gasteiger partial charge is 0.229 e. The minimum absolute atomic E-state index is 0.0781. The average Bonchev–Trinajstić information content (AvgIpc) is 3.31. The third kappa shape index (κ3) is 3.70. The van der Waals surface area contributed by atoms with Crippen LogP contribution >= 0.6 is 11.3 Å². The zero-order valence-corrected chi connectivity index (χ0v) is 18.5. The first-order valence-electron chi connectivity index (χ1n) is 10.2. The standard InChI is InChI=1S/C25H22N4OS/c1-15-11-16(2)24-21(12-15)31-25(27-24)29-22(13-17(3)28-29)26-23(30)14-19-9-6-8-18-7-4-5-10-20(18)19/h4-13H,14H2,1-3H3,(H,26,30). The summed E-state index contributed by atoms with van der Waals surface area (Å²) in [6.07, 6.45) is 0.295. The van der Waals surface area contributed by atoms with Crippen molar-refractivity contribution in [2.24, 2.45) is 0 Å². The molecule has 5 nitrogen and oxygen atoms in total. The molecule has 0 aliphatic heterocycles. The van der Waals surface area contributed by atoms with E-state index in [1.54, 1.807) is 16.0 Å². The molecule has 0 radical (unpaired) electrons. The van der Waals surface area contributed by atoms with Crippen LogP contribution in [0.3, 0.4) is 0 Å². The van der Waals surface area contributed by atoms with E-state index in [1.165, 1.54) is 5.56 Å². The number of thiazole rings is 1. The van der Waals surface area contributed by atoms with Gasteiger partial charge in [-0.1, -0.05) is 59.9 Å². The molecule has 2 heterocycles. The quantitative estimate of drug-likeness (QED) is 0.398. The number of hydrogen-bond donors (Lipinski definition) is 1. The number of benzene rings is 3. The first kappa shape index (κ1) is 19.5. The monoisotopic (exact) mass is 426 g/mol. The van der Waals surface area contributed by atoms with Crippen LogP contribution in [0.15, 0.2) is 60.7 Å². The summed E-state index contributed by atoms with van der Waals surface area (Å²) in [6.45, 7) is 6.07. The van der Waals surface area contributed by atoms with Gasteiger partial charge in [-0.25, -0.2) is 4.98 Å².